The zero-order chi connectivity index (χ0) is 14.7. The summed E-state index contributed by atoms with van der Waals surface area (Å²) in [6.45, 7) is 3.56. The molecule has 0 bridgehead atoms. The summed E-state index contributed by atoms with van der Waals surface area (Å²) in [7, 11) is 0. The number of anilines is 1. The predicted octanol–water partition coefficient (Wildman–Crippen LogP) is 4.08. The van der Waals surface area contributed by atoms with Crippen molar-refractivity contribution in [3.05, 3.63) is 47.0 Å². The summed E-state index contributed by atoms with van der Waals surface area (Å²) in [6, 6.07) is 11.6. The van der Waals surface area contributed by atoms with Crippen molar-refractivity contribution < 1.29 is 14.2 Å². The van der Waals surface area contributed by atoms with E-state index in [1.54, 1.807) is 6.07 Å². The molecule has 0 unspecified atom stereocenters. The van der Waals surface area contributed by atoms with Crippen LogP contribution >= 0.6 is 11.6 Å². The highest BCUT2D eigenvalue weighted by Crippen LogP contribution is 2.39. The van der Waals surface area contributed by atoms with Gasteiger partial charge in [-0.05, 0) is 24.6 Å². The van der Waals surface area contributed by atoms with Crippen molar-refractivity contribution in [1.82, 2.24) is 0 Å². The molecule has 1 heterocycles. The second kappa shape index (κ2) is 6.14. The zero-order valence-corrected chi connectivity index (χ0v) is 12.4. The van der Waals surface area contributed by atoms with Crippen molar-refractivity contribution in [3.8, 4) is 17.2 Å². The van der Waals surface area contributed by atoms with Crippen molar-refractivity contribution in [3.63, 3.8) is 0 Å². The van der Waals surface area contributed by atoms with E-state index in [9.17, 15) is 0 Å². The first-order valence-corrected chi connectivity index (χ1v) is 7.19. The Morgan fingerprint density at radius 3 is 2.57 bits per heavy atom. The third kappa shape index (κ3) is 3.16. The van der Waals surface area contributed by atoms with Crippen LogP contribution in [-0.4, -0.2) is 13.4 Å². The van der Waals surface area contributed by atoms with E-state index in [4.69, 9.17) is 25.8 Å². The fourth-order valence-electron chi connectivity index (χ4n) is 2.12. The Hall–Kier alpha value is -2.07. The number of hydrogen-bond acceptors (Lipinski definition) is 4. The van der Waals surface area contributed by atoms with E-state index in [0.717, 1.165) is 17.0 Å². The maximum absolute atomic E-state index is 6.22. The zero-order valence-electron chi connectivity index (χ0n) is 11.7. The first-order valence-electron chi connectivity index (χ1n) is 6.81. The van der Waals surface area contributed by atoms with E-state index in [-0.39, 0.29) is 6.79 Å². The van der Waals surface area contributed by atoms with Crippen molar-refractivity contribution in [1.29, 1.82) is 0 Å². The molecule has 3 rings (SSSR count). The van der Waals surface area contributed by atoms with Gasteiger partial charge in [0.25, 0.3) is 0 Å². The molecule has 0 radical (unpaired) electrons. The van der Waals surface area contributed by atoms with Crippen LogP contribution in [0.5, 0.6) is 17.2 Å². The van der Waals surface area contributed by atoms with Crippen LogP contribution < -0.4 is 19.5 Å². The molecule has 0 spiro atoms. The van der Waals surface area contributed by atoms with Crippen LogP contribution in [0.25, 0.3) is 0 Å². The van der Waals surface area contributed by atoms with Gasteiger partial charge in [-0.3, -0.25) is 0 Å². The summed E-state index contributed by atoms with van der Waals surface area (Å²) in [4.78, 5) is 0. The molecular weight excluding hydrogens is 290 g/mol. The molecule has 0 atom stereocenters. The van der Waals surface area contributed by atoms with E-state index in [1.165, 1.54) is 0 Å². The third-order valence-electron chi connectivity index (χ3n) is 3.18. The first kappa shape index (κ1) is 13.9. The van der Waals surface area contributed by atoms with Crippen LogP contribution in [-0.2, 0) is 6.54 Å². The molecule has 1 aliphatic heterocycles. The second-order valence-electron chi connectivity index (χ2n) is 4.62. The number of halogens is 1. The van der Waals surface area contributed by atoms with Crippen molar-refractivity contribution in [2.24, 2.45) is 0 Å². The highest BCUT2D eigenvalue weighted by Gasteiger charge is 2.16. The molecule has 21 heavy (non-hydrogen) atoms. The molecule has 5 heteroatoms. The summed E-state index contributed by atoms with van der Waals surface area (Å²) in [6.07, 6.45) is 0. The van der Waals surface area contributed by atoms with Gasteiger partial charge in [0.15, 0.2) is 11.5 Å². The van der Waals surface area contributed by atoms with Gasteiger partial charge >= 0.3 is 0 Å². The number of hydrogen-bond donors (Lipinski definition) is 1. The lowest BCUT2D eigenvalue weighted by molar-refractivity contribution is 0.174. The Bertz CT molecular complexity index is 628. The summed E-state index contributed by atoms with van der Waals surface area (Å²) < 4.78 is 16.1. The van der Waals surface area contributed by atoms with Gasteiger partial charge in [0.1, 0.15) is 5.75 Å². The Balaban J connectivity index is 1.67. The van der Waals surface area contributed by atoms with Crippen LogP contribution in [0.15, 0.2) is 36.4 Å². The maximum Gasteiger partial charge on any atom is 0.231 e. The highest BCUT2D eigenvalue weighted by molar-refractivity contribution is 6.33. The quantitative estimate of drug-likeness (QED) is 0.903. The van der Waals surface area contributed by atoms with Crippen molar-refractivity contribution >= 4 is 17.3 Å². The van der Waals surface area contributed by atoms with E-state index >= 15 is 0 Å². The summed E-state index contributed by atoms with van der Waals surface area (Å²) in [5.74, 6) is 2.28. The van der Waals surface area contributed by atoms with Gasteiger partial charge in [-0.15, -0.1) is 0 Å². The van der Waals surface area contributed by atoms with Gasteiger partial charge in [-0.1, -0.05) is 23.7 Å². The monoisotopic (exact) mass is 305 g/mol. The summed E-state index contributed by atoms with van der Waals surface area (Å²) in [5, 5.41) is 3.92. The van der Waals surface area contributed by atoms with Gasteiger partial charge in [-0.2, -0.15) is 0 Å². The van der Waals surface area contributed by atoms with Crippen LogP contribution in [0.2, 0.25) is 5.02 Å². The molecule has 4 nitrogen and oxygen atoms in total. The molecule has 2 aromatic carbocycles. The smallest absolute Gasteiger partial charge is 0.231 e. The van der Waals surface area contributed by atoms with E-state index in [0.29, 0.717) is 29.7 Å². The van der Waals surface area contributed by atoms with Gasteiger partial charge in [-0.25, -0.2) is 0 Å². The molecule has 0 aliphatic carbocycles. The molecule has 0 saturated heterocycles. The lowest BCUT2D eigenvalue weighted by atomic mass is 10.2. The number of ether oxygens (including phenoxy) is 3. The van der Waals surface area contributed by atoms with Crippen LogP contribution in [0, 0.1) is 0 Å². The lowest BCUT2D eigenvalue weighted by Crippen LogP contribution is -2.00. The Kier molecular flexibility index (Phi) is 4.06. The largest absolute Gasteiger partial charge is 0.494 e. The summed E-state index contributed by atoms with van der Waals surface area (Å²) in [5.41, 5.74) is 1.97. The second-order valence-corrected chi connectivity index (χ2v) is 5.02. The van der Waals surface area contributed by atoms with Gasteiger partial charge in [0.2, 0.25) is 6.79 Å². The van der Waals surface area contributed by atoms with Crippen molar-refractivity contribution in [2.75, 3.05) is 18.7 Å². The minimum absolute atomic E-state index is 0.244. The average molecular weight is 306 g/mol. The molecule has 1 N–H and O–H groups in total. The van der Waals surface area contributed by atoms with Crippen LogP contribution in [0.4, 0.5) is 5.69 Å². The lowest BCUT2D eigenvalue weighted by Gasteiger charge is -2.10. The molecule has 0 aromatic heterocycles. The predicted molar refractivity (Wildman–Crippen MR) is 82.5 cm³/mol. The molecule has 0 fully saturated rings. The topological polar surface area (TPSA) is 39.7 Å². The Labute approximate surface area is 128 Å². The molecule has 0 amide bonds. The maximum atomic E-state index is 6.22. The standard InChI is InChI=1S/C16H16ClNO3/c1-2-19-12-5-3-11(4-6-12)9-18-14-8-16-15(7-13(14)17)20-10-21-16/h3-8,18H,2,9-10H2,1H3. The first-order chi connectivity index (χ1) is 10.3. The van der Waals surface area contributed by atoms with Crippen LogP contribution in [0.1, 0.15) is 12.5 Å². The van der Waals surface area contributed by atoms with Crippen molar-refractivity contribution in [2.45, 2.75) is 13.5 Å². The number of fused-ring (bicyclic) bond motifs is 1. The van der Waals surface area contributed by atoms with Gasteiger partial charge in [0.05, 0.1) is 17.3 Å². The molecule has 0 saturated carbocycles. The highest BCUT2D eigenvalue weighted by atomic mass is 35.5. The number of rotatable bonds is 5. The fourth-order valence-corrected chi connectivity index (χ4v) is 2.34. The molecular formula is C16H16ClNO3. The molecule has 110 valence electrons. The average Bonchev–Trinajstić information content (AvgIpc) is 2.93. The SMILES string of the molecule is CCOc1ccc(CNc2cc3c(cc2Cl)OCO3)cc1. The van der Waals surface area contributed by atoms with E-state index in [2.05, 4.69) is 5.32 Å². The Morgan fingerprint density at radius 1 is 1.14 bits per heavy atom. The molecule has 1 aliphatic rings. The normalized spacial score (nSPS) is 12.3. The Morgan fingerprint density at radius 2 is 1.86 bits per heavy atom. The van der Waals surface area contributed by atoms with E-state index in [1.807, 2.05) is 37.3 Å². The number of benzene rings is 2. The summed E-state index contributed by atoms with van der Waals surface area (Å²) >= 11 is 6.22. The van der Waals surface area contributed by atoms with Gasteiger partial charge in [0, 0.05) is 18.7 Å². The fraction of sp³-hybridized carbons (Fsp3) is 0.250. The minimum Gasteiger partial charge on any atom is -0.494 e. The third-order valence-corrected chi connectivity index (χ3v) is 3.49. The van der Waals surface area contributed by atoms with E-state index < -0.39 is 0 Å². The molecule has 2 aromatic rings. The number of nitrogens with one attached hydrogen (secondary N) is 1. The van der Waals surface area contributed by atoms with Gasteiger partial charge < -0.3 is 19.5 Å². The minimum atomic E-state index is 0.244. The van der Waals surface area contributed by atoms with Crippen LogP contribution in [0.3, 0.4) is 0 Å².